The maximum absolute atomic E-state index is 12.8. The normalized spacial score (nSPS) is 15.6. The standard InChI is InChI=1S/C19H13F4IN4O2/c20-17(21)29-15-6-3-11(7-16(15)30-18(22)23)14-8-13(10-1-4-12(24)5-2-10)27-19-25-9-26-28(14)19/h1-9,14,17-18H,(H,25,26,27). The van der Waals surface area contributed by atoms with Gasteiger partial charge in [-0.2, -0.15) is 27.6 Å². The van der Waals surface area contributed by atoms with Gasteiger partial charge in [-0.1, -0.05) is 18.2 Å². The van der Waals surface area contributed by atoms with Gasteiger partial charge in [0.2, 0.25) is 5.95 Å². The van der Waals surface area contributed by atoms with Crippen molar-refractivity contribution in [2.45, 2.75) is 19.3 Å². The van der Waals surface area contributed by atoms with Crippen molar-refractivity contribution in [2.75, 3.05) is 5.32 Å². The second-order valence-corrected chi connectivity index (χ2v) is 7.39. The second kappa shape index (κ2) is 8.50. The van der Waals surface area contributed by atoms with Crippen molar-refractivity contribution >= 4 is 34.2 Å². The van der Waals surface area contributed by atoms with Crippen LogP contribution in [0.2, 0.25) is 0 Å². The summed E-state index contributed by atoms with van der Waals surface area (Å²) in [6, 6.07) is 11.1. The lowest BCUT2D eigenvalue weighted by Crippen LogP contribution is -2.20. The number of halogens is 5. The molecule has 0 saturated heterocycles. The van der Waals surface area contributed by atoms with Gasteiger partial charge in [0, 0.05) is 9.27 Å². The molecule has 4 rings (SSSR count). The topological polar surface area (TPSA) is 61.2 Å². The SMILES string of the molecule is FC(F)Oc1ccc(C2C=C(c3ccc(I)cc3)Nc3ncnn32)cc1OC(F)F. The number of fused-ring (bicyclic) bond motifs is 1. The molecule has 1 aromatic heterocycles. The van der Waals surface area contributed by atoms with Crippen molar-refractivity contribution in [3.8, 4) is 11.5 Å². The van der Waals surface area contributed by atoms with Crippen LogP contribution in [0, 0.1) is 3.57 Å². The van der Waals surface area contributed by atoms with Gasteiger partial charge in [0.25, 0.3) is 0 Å². The molecule has 0 fully saturated rings. The van der Waals surface area contributed by atoms with Crippen LogP contribution in [0.15, 0.2) is 54.9 Å². The summed E-state index contributed by atoms with van der Waals surface area (Å²) in [6.45, 7) is -6.38. The van der Waals surface area contributed by atoms with Crippen molar-refractivity contribution in [3.05, 3.63) is 69.6 Å². The number of nitrogens with one attached hydrogen (secondary N) is 1. The number of nitrogens with zero attached hydrogens (tertiary/aromatic N) is 3. The molecule has 0 saturated carbocycles. The van der Waals surface area contributed by atoms with E-state index in [1.54, 1.807) is 4.68 Å². The number of hydrogen-bond donors (Lipinski definition) is 1. The first-order chi connectivity index (χ1) is 14.4. The Hall–Kier alpha value is -2.83. The molecule has 30 heavy (non-hydrogen) atoms. The first kappa shape index (κ1) is 20.4. The molecule has 11 heteroatoms. The average Bonchev–Trinajstić information content (AvgIpc) is 3.17. The Labute approximate surface area is 181 Å². The van der Waals surface area contributed by atoms with Crippen LogP contribution in [0.4, 0.5) is 23.5 Å². The molecular weight excluding hydrogens is 519 g/mol. The fraction of sp³-hybridized carbons (Fsp3) is 0.158. The third kappa shape index (κ3) is 4.35. The van der Waals surface area contributed by atoms with E-state index in [-0.39, 0.29) is 0 Å². The minimum atomic E-state index is -3.20. The number of aromatic nitrogens is 3. The summed E-state index contributed by atoms with van der Waals surface area (Å²) in [5.74, 6) is -0.531. The van der Waals surface area contributed by atoms with Gasteiger partial charge in [-0.25, -0.2) is 4.68 Å². The second-order valence-electron chi connectivity index (χ2n) is 6.15. The number of benzene rings is 2. The predicted molar refractivity (Wildman–Crippen MR) is 109 cm³/mol. The molecule has 2 heterocycles. The molecule has 1 aliphatic rings. The number of anilines is 1. The lowest BCUT2D eigenvalue weighted by atomic mass is 10.0. The van der Waals surface area contributed by atoms with Crippen LogP contribution >= 0.6 is 22.6 Å². The minimum Gasteiger partial charge on any atom is -0.431 e. The quantitative estimate of drug-likeness (QED) is 0.352. The van der Waals surface area contributed by atoms with Crippen LogP contribution in [0.1, 0.15) is 17.2 Å². The molecule has 1 atom stereocenters. The Bertz CT molecular complexity index is 1070. The van der Waals surface area contributed by atoms with E-state index in [4.69, 9.17) is 0 Å². The summed E-state index contributed by atoms with van der Waals surface area (Å²) < 4.78 is 62.1. The molecule has 0 radical (unpaired) electrons. The molecule has 0 spiro atoms. The van der Waals surface area contributed by atoms with Crippen LogP contribution in [0.3, 0.4) is 0 Å². The highest BCUT2D eigenvalue weighted by atomic mass is 127. The number of alkyl halides is 4. The smallest absolute Gasteiger partial charge is 0.387 e. The van der Waals surface area contributed by atoms with E-state index in [1.165, 1.54) is 18.5 Å². The number of allylic oxidation sites excluding steroid dienone is 1. The van der Waals surface area contributed by atoms with E-state index < -0.39 is 30.8 Å². The molecule has 156 valence electrons. The van der Waals surface area contributed by atoms with Gasteiger partial charge in [0.1, 0.15) is 12.4 Å². The zero-order valence-electron chi connectivity index (χ0n) is 15.0. The number of hydrogen-bond acceptors (Lipinski definition) is 5. The van der Waals surface area contributed by atoms with Crippen molar-refractivity contribution < 1.29 is 27.0 Å². The van der Waals surface area contributed by atoms with E-state index in [9.17, 15) is 17.6 Å². The highest BCUT2D eigenvalue weighted by Gasteiger charge is 2.25. The van der Waals surface area contributed by atoms with Crippen LogP contribution in [-0.4, -0.2) is 28.0 Å². The molecule has 0 amide bonds. The predicted octanol–water partition coefficient (Wildman–Crippen LogP) is 5.14. The van der Waals surface area contributed by atoms with Crippen molar-refractivity contribution in [1.82, 2.24) is 14.8 Å². The molecule has 0 aliphatic carbocycles. The van der Waals surface area contributed by atoms with E-state index in [0.717, 1.165) is 20.9 Å². The zero-order chi connectivity index (χ0) is 21.3. The number of rotatable bonds is 6. The van der Waals surface area contributed by atoms with Gasteiger partial charge >= 0.3 is 13.2 Å². The summed E-state index contributed by atoms with van der Waals surface area (Å²) in [7, 11) is 0. The molecular formula is C19H13F4IN4O2. The summed E-state index contributed by atoms with van der Waals surface area (Å²) >= 11 is 2.20. The van der Waals surface area contributed by atoms with E-state index >= 15 is 0 Å². The van der Waals surface area contributed by atoms with Crippen molar-refractivity contribution in [1.29, 1.82) is 0 Å². The highest BCUT2D eigenvalue weighted by Crippen LogP contribution is 2.37. The Kier molecular flexibility index (Phi) is 5.79. The Balaban J connectivity index is 1.76. The van der Waals surface area contributed by atoms with Gasteiger partial charge in [-0.3, -0.25) is 0 Å². The number of ether oxygens (including phenoxy) is 2. The van der Waals surface area contributed by atoms with Crippen LogP contribution < -0.4 is 14.8 Å². The molecule has 2 aromatic carbocycles. The molecule has 1 N–H and O–H groups in total. The van der Waals surface area contributed by atoms with Gasteiger partial charge in [0.05, 0.1) is 0 Å². The van der Waals surface area contributed by atoms with E-state index in [0.29, 0.717) is 11.5 Å². The summed E-state index contributed by atoms with van der Waals surface area (Å²) in [6.07, 6.45) is 3.18. The average molecular weight is 532 g/mol. The Morgan fingerprint density at radius 3 is 2.37 bits per heavy atom. The Morgan fingerprint density at radius 2 is 1.67 bits per heavy atom. The monoisotopic (exact) mass is 532 g/mol. The lowest BCUT2D eigenvalue weighted by molar-refractivity contribution is -0.0692. The lowest BCUT2D eigenvalue weighted by Gasteiger charge is -2.25. The van der Waals surface area contributed by atoms with Gasteiger partial charge < -0.3 is 14.8 Å². The molecule has 1 unspecified atom stereocenters. The Morgan fingerprint density at radius 1 is 0.967 bits per heavy atom. The van der Waals surface area contributed by atoms with Gasteiger partial charge in [-0.05, 0) is 64.1 Å². The molecule has 1 aliphatic heterocycles. The van der Waals surface area contributed by atoms with Crippen LogP contribution in [0.5, 0.6) is 11.5 Å². The maximum atomic E-state index is 12.8. The molecule has 6 nitrogen and oxygen atoms in total. The molecule has 0 bridgehead atoms. The highest BCUT2D eigenvalue weighted by molar-refractivity contribution is 14.1. The van der Waals surface area contributed by atoms with Gasteiger partial charge in [0.15, 0.2) is 11.5 Å². The maximum Gasteiger partial charge on any atom is 0.387 e. The van der Waals surface area contributed by atoms with Crippen LogP contribution in [0.25, 0.3) is 5.70 Å². The van der Waals surface area contributed by atoms with Crippen molar-refractivity contribution in [2.24, 2.45) is 0 Å². The third-order valence-corrected chi connectivity index (χ3v) is 5.02. The fourth-order valence-corrected chi connectivity index (χ4v) is 3.42. The summed E-state index contributed by atoms with van der Waals surface area (Å²) in [5.41, 5.74) is 2.10. The first-order valence-electron chi connectivity index (χ1n) is 8.58. The largest absolute Gasteiger partial charge is 0.431 e. The minimum absolute atomic E-state index is 0.445. The first-order valence-corrected chi connectivity index (χ1v) is 9.66. The van der Waals surface area contributed by atoms with E-state index in [2.05, 4.69) is 47.5 Å². The van der Waals surface area contributed by atoms with Gasteiger partial charge in [-0.15, -0.1) is 0 Å². The molecule has 3 aromatic rings. The summed E-state index contributed by atoms with van der Waals surface area (Å²) in [5, 5.41) is 7.34. The third-order valence-electron chi connectivity index (χ3n) is 4.30. The summed E-state index contributed by atoms with van der Waals surface area (Å²) in [4.78, 5) is 4.18. The van der Waals surface area contributed by atoms with Crippen molar-refractivity contribution in [3.63, 3.8) is 0 Å². The zero-order valence-corrected chi connectivity index (χ0v) is 17.1. The van der Waals surface area contributed by atoms with E-state index in [1.807, 2.05) is 30.3 Å². The van der Waals surface area contributed by atoms with Crippen LogP contribution in [-0.2, 0) is 0 Å². The fourth-order valence-electron chi connectivity index (χ4n) is 3.06.